The van der Waals surface area contributed by atoms with Crippen molar-refractivity contribution in [3.05, 3.63) is 59.7 Å². The Labute approximate surface area is 137 Å². The zero-order valence-corrected chi connectivity index (χ0v) is 13.7. The first-order valence-electron chi connectivity index (χ1n) is 7.80. The van der Waals surface area contributed by atoms with Crippen molar-refractivity contribution < 1.29 is 14.3 Å². The summed E-state index contributed by atoms with van der Waals surface area (Å²) in [4.78, 5) is 11.7. The Hall–Kier alpha value is -2.49. The maximum atomic E-state index is 11.7. The minimum absolute atomic E-state index is 0.0369. The number of ether oxygens (including phenoxy) is 2. The van der Waals surface area contributed by atoms with Crippen molar-refractivity contribution in [1.82, 2.24) is 5.32 Å². The number of hydrogen-bond acceptors (Lipinski definition) is 3. The van der Waals surface area contributed by atoms with Gasteiger partial charge in [-0.05, 0) is 37.6 Å². The number of carbonyl (C=O) groups is 1. The Morgan fingerprint density at radius 3 is 2.52 bits per heavy atom. The molecule has 0 radical (unpaired) electrons. The second-order valence-electron chi connectivity index (χ2n) is 5.38. The third-order valence-corrected chi connectivity index (χ3v) is 3.35. The molecule has 2 aromatic carbocycles. The van der Waals surface area contributed by atoms with Gasteiger partial charge >= 0.3 is 0 Å². The summed E-state index contributed by atoms with van der Waals surface area (Å²) in [6.45, 7) is 5.37. The second kappa shape index (κ2) is 8.83. The number of carbonyl (C=O) groups excluding carboxylic acids is 1. The van der Waals surface area contributed by atoms with Crippen LogP contribution in [0.15, 0.2) is 48.5 Å². The maximum Gasteiger partial charge on any atom is 0.223 e. The third-order valence-electron chi connectivity index (χ3n) is 3.35. The molecule has 0 heterocycles. The van der Waals surface area contributed by atoms with Gasteiger partial charge in [-0.15, -0.1) is 0 Å². The molecule has 0 unspecified atom stereocenters. The van der Waals surface area contributed by atoms with Gasteiger partial charge in [0.25, 0.3) is 0 Å². The predicted molar refractivity (Wildman–Crippen MR) is 91.0 cm³/mol. The molecule has 4 nitrogen and oxygen atoms in total. The van der Waals surface area contributed by atoms with Gasteiger partial charge in [-0.1, -0.05) is 35.9 Å². The van der Waals surface area contributed by atoms with Crippen molar-refractivity contribution in [1.29, 1.82) is 0 Å². The van der Waals surface area contributed by atoms with Crippen LogP contribution in [-0.2, 0) is 4.79 Å². The lowest BCUT2D eigenvalue weighted by Gasteiger charge is -2.11. The SMILES string of the molecule is Cc1ccc(OCCNC(=O)CCOc2ccccc2)c(C)c1. The number of benzene rings is 2. The Balaban J connectivity index is 1.59. The molecule has 2 rings (SSSR count). The minimum atomic E-state index is -0.0369. The van der Waals surface area contributed by atoms with Crippen LogP contribution in [0.4, 0.5) is 0 Å². The fraction of sp³-hybridized carbons (Fsp3) is 0.316. The number of amides is 1. The fourth-order valence-corrected chi connectivity index (χ4v) is 2.18. The molecule has 0 saturated heterocycles. The first kappa shape index (κ1) is 16.9. The summed E-state index contributed by atoms with van der Waals surface area (Å²) in [6.07, 6.45) is 0.332. The number of hydrogen-bond donors (Lipinski definition) is 1. The zero-order valence-electron chi connectivity index (χ0n) is 13.7. The van der Waals surface area contributed by atoms with Crippen LogP contribution in [-0.4, -0.2) is 25.7 Å². The average molecular weight is 313 g/mol. The summed E-state index contributed by atoms with van der Waals surface area (Å²) in [5.74, 6) is 1.60. The number of aryl methyl sites for hydroxylation is 2. The van der Waals surface area contributed by atoms with E-state index in [9.17, 15) is 4.79 Å². The molecular formula is C19H23NO3. The van der Waals surface area contributed by atoms with E-state index in [0.29, 0.717) is 26.2 Å². The van der Waals surface area contributed by atoms with Crippen LogP contribution < -0.4 is 14.8 Å². The van der Waals surface area contributed by atoms with Gasteiger partial charge in [0.2, 0.25) is 5.91 Å². The molecule has 23 heavy (non-hydrogen) atoms. The zero-order chi connectivity index (χ0) is 16.5. The minimum Gasteiger partial charge on any atom is -0.493 e. The lowest BCUT2D eigenvalue weighted by Crippen LogP contribution is -2.29. The van der Waals surface area contributed by atoms with Crippen LogP contribution in [0, 0.1) is 13.8 Å². The van der Waals surface area contributed by atoms with E-state index >= 15 is 0 Å². The standard InChI is InChI=1S/C19H23NO3/c1-15-8-9-18(16(2)14-15)23-13-11-20-19(21)10-12-22-17-6-4-3-5-7-17/h3-9,14H,10-13H2,1-2H3,(H,20,21). The summed E-state index contributed by atoms with van der Waals surface area (Å²) < 4.78 is 11.2. The first-order valence-corrected chi connectivity index (χ1v) is 7.80. The fourth-order valence-electron chi connectivity index (χ4n) is 2.18. The van der Waals surface area contributed by atoms with Crippen LogP contribution in [0.3, 0.4) is 0 Å². The van der Waals surface area contributed by atoms with E-state index in [-0.39, 0.29) is 5.91 Å². The Morgan fingerprint density at radius 2 is 1.78 bits per heavy atom. The van der Waals surface area contributed by atoms with Crippen molar-refractivity contribution >= 4 is 5.91 Å². The topological polar surface area (TPSA) is 47.6 Å². The van der Waals surface area contributed by atoms with E-state index in [2.05, 4.69) is 18.3 Å². The molecule has 0 bridgehead atoms. The van der Waals surface area contributed by atoms with Crippen molar-refractivity contribution in [2.24, 2.45) is 0 Å². The van der Waals surface area contributed by atoms with E-state index in [1.165, 1.54) is 5.56 Å². The van der Waals surface area contributed by atoms with E-state index in [4.69, 9.17) is 9.47 Å². The maximum absolute atomic E-state index is 11.7. The van der Waals surface area contributed by atoms with Crippen molar-refractivity contribution in [2.75, 3.05) is 19.8 Å². The van der Waals surface area contributed by atoms with Gasteiger partial charge in [0.1, 0.15) is 18.1 Å². The molecule has 0 aliphatic carbocycles. The highest BCUT2D eigenvalue weighted by Crippen LogP contribution is 2.18. The molecule has 0 atom stereocenters. The molecule has 1 amide bonds. The van der Waals surface area contributed by atoms with Crippen LogP contribution in [0.5, 0.6) is 11.5 Å². The second-order valence-corrected chi connectivity index (χ2v) is 5.38. The molecule has 0 aliphatic heterocycles. The third kappa shape index (κ3) is 6.02. The number of nitrogens with one attached hydrogen (secondary N) is 1. The summed E-state index contributed by atoms with van der Waals surface area (Å²) in [5.41, 5.74) is 2.31. The summed E-state index contributed by atoms with van der Waals surface area (Å²) >= 11 is 0. The highest BCUT2D eigenvalue weighted by molar-refractivity contribution is 5.75. The lowest BCUT2D eigenvalue weighted by molar-refractivity contribution is -0.121. The van der Waals surface area contributed by atoms with Crippen LogP contribution >= 0.6 is 0 Å². The summed E-state index contributed by atoms with van der Waals surface area (Å²) in [6, 6.07) is 15.5. The van der Waals surface area contributed by atoms with Gasteiger partial charge in [0.15, 0.2) is 0 Å². The summed E-state index contributed by atoms with van der Waals surface area (Å²) in [5, 5.41) is 2.83. The average Bonchev–Trinajstić information content (AvgIpc) is 2.54. The lowest BCUT2D eigenvalue weighted by atomic mass is 10.1. The van der Waals surface area contributed by atoms with Gasteiger partial charge in [-0.25, -0.2) is 0 Å². The van der Waals surface area contributed by atoms with Gasteiger partial charge in [0.05, 0.1) is 19.6 Å². The van der Waals surface area contributed by atoms with Crippen LogP contribution in [0.25, 0.3) is 0 Å². The monoisotopic (exact) mass is 313 g/mol. The molecule has 0 spiro atoms. The van der Waals surface area contributed by atoms with Crippen molar-refractivity contribution in [3.63, 3.8) is 0 Å². The van der Waals surface area contributed by atoms with Gasteiger partial charge in [-0.2, -0.15) is 0 Å². The highest BCUT2D eigenvalue weighted by atomic mass is 16.5. The van der Waals surface area contributed by atoms with Gasteiger partial charge < -0.3 is 14.8 Å². The normalized spacial score (nSPS) is 10.2. The first-order chi connectivity index (χ1) is 11.1. The molecule has 4 heteroatoms. The molecule has 0 fully saturated rings. The Morgan fingerprint density at radius 1 is 1.00 bits per heavy atom. The van der Waals surface area contributed by atoms with E-state index in [1.807, 2.05) is 49.4 Å². The van der Waals surface area contributed by atoms with E-state index < -0.39 is 0 Å². The molecule has 0 aromatic heterocycles. The Kier molecular flexibility index (Phi) is 6.48. The quantitative estimate of drug-likeness (QED) is 0.761. The van der Waals surface area contributed by atoms with Crippen LogP contribution in [0.1, 0.15) is 17.5 Å². The smallest absolute Gasteiger partial charge is 0.223 e. The van der Waals surface area contributed by atoms with Crippen LogP contribution in [0.2, 0.25) is 0 Å². The van der Waals surface area contributed by atoms with E-state index in [1.54, 1.807) is 0 Å². The van der Waals surface area contributed by atoms with Crippen molar-refractivity contribution in [3.8, 4) is 11.5 Å². The van der Waals surface area contributed by atoms with Gasteiger partial charge in [0, 0.05) is 0 Å². The molecular weight excluding hydrogens is 290 g/mol. The number of para-hydroxylation sites is 1. The molecule has 1 N–H and O–H groups in total. The molecule has 0 aliphatic rings. The predicted octanol–water partition coefficient (Wildman–Crippen LogP) is 3.27. The van der Waals surface area contributed by atoms with E-state index in [0.717, 1.165) is 17.1 Å². The highest BCUT2D eigenvalue weighted by Gasteiger charge is 2.03. The molecule has 122 valence electrons. The largest absolute Gasteiger partial charge is 0.493 e. The molecule has 2 aromatic rings. The Bertz CT molecular complexity index is 626. The van der Waals surface area contributed by atoms with Gasteiger partial charge in [-0.3, -0.25) is 4.79 Å². The van der Waals surface area contributed by atoms with Crippen molar-refractivity contribution in [2.45, 2.75) is 20.3 Å². The summed E-state index contributed by atoms with van der Waals surface area (Å²) in [7, 11) is 0. The number of rotatable bonds is 8. The molecule has 0 saturated carbocycles.